The summed E-state index contributed by atoms with van der Waals surface area (Å²) in [7, 11) is 0. The van der Waals surface area contributed by atoms with Crippen LogP contribution in [0.3, 0.4) is 0 Å². The van der Waals surface area contributed by atoms with E-state index in [2.05, 4.69) is 21.4 Å². The Balaban J connectivity index is 1.54. The van der Waals surface area contributed by atoms with Gasteiger partial charge in [0.25, 0.3) is 11.6 Å². The normalized spacial score (nSPS) is 13.5. The number of hydrogen-bond donors (Lipinski definition) is 3. The molecule has 3 aromatic rings. The van der Waals surface area contributed by atoms with E-state index in [0.717, 1.165) is 12.1 Å². The van der Waals surface area contributed by atoms with Crippen molar-refractivity contribution in [3.8, 4) is 0 Å². The fourth-order valence-electron chi connectivity index (χ4n) is 3.91. The monoisotopic (exact) mass is 560 g/mol. The maximum absolute atomic E-state index is 12.8. The molecule has 1 aliphatic carbocycles. The molecule has 0 saturated heterocycles. The molecule has 0 unspecified atom stereocenters. The van der Waals surface area contributed by atoms with Gasteiger partial charge in [-0.15, -0.1) is 0 Å². The number of amides is 2. The Morgan fingerprint density at radius 2 is 1.74 bits per heavy atom. The number of halogens is 2. The van der Waals surface area contributed by atoms with Gasteiger partial charge in [-0.05, 0) is 44.0 Å². The number of nitrogens with one attached hydrogen (secondary N) is 3. The van der Waals surface area contributed by atoms with Gasteiger partial charge in [0.15, 0.2) is 5.76 Å². The van der Waals surface area contributed by atoms with Gasteiger partial charge < -0.3 is 4.42 Å². The highest BCUT2D eigenvalue weighted by atomic mass is 35.5. The van der Waals surface area contributed by atoms with Crippen molar-refractivity contribution in [1.82, 2.24) is 10.9 Å². The molecule has 0 radical (unpaired) electrons. The molecule has 2 aromatic carbocycles. The lowest BCUT2D eigenvalue weighted by Gasteiger charge is -2.13. The third kappa shape index (κ3) is 5.43. The highest BCUT2D eigenvalue weighted by Gasteiger charge is 2.29. The molecule has 4 rings (SSSR count). The van der Waals surface area contributed by atoms with Crippen molar-refractivity contribution in [1.29, 1.82) is 0 Å². The number of aryl methyl sites for hydroxylation is 1. The molecule has 3 N–H and O–H groups in total. The molecule has 13 nitrogen and oxygen atoms in total. The van der Waals surface area contributed by atoms with Gasteiger partial charge in [-0.25, -0.2) is 0 Å². The summed E-state index contributed by atoms with van der Waals surface area (Å²) in [5.74, 6) is -0.933. The number of hydrazine groups is 1. The molecule has 0 atom stereocenters. The quantitative estimate of drug-likeness (QED) is 0.279. The van der Waals surface area contributed by atoms with E-state index in [-0.39, 0.29) is 22.0 Å². The molecule has 2 amide bonds. The van der Waals surface area contributed by atoms with E-state index in [4.69, 9.17) is 27.6 Å². The minimum Gasteiger partial charge on any atom is -0.455 e. The van der Waals surface area contributed by atoms with E-state index in [1.807, 2.05) is 0 Å². The van der Waals surface area contributed by atoms with Gasteiger partial charge in [-0.1, -0.05) is 23.2 Å². The summed E-state index contributed by atoms with van der Waals surface area (Å²) in [6, 6.07) is 7.44. The first kappa shape index (κ1) is 26.6. The van der Waals surface area contributed by atoms with Crippen LogP contribution in [-0.2, 0) is 6.42 Å². The summed E-state index contributed by atoms with van der Waals surface area (Å²) in [5.41, 5.74) is 7.78. The number of carbonyl (C=O) groups is 2. The second-order valence-electron chi connectivity index (χ2n) is 8.13. The predicted octanol–water partition coefficient (Wildman–Crippen LogP) is 4.94. The molecule has 0 aliphatic heterocycles. The molecule has 38 heavy (non-hydrogen) atoms. The van der Waals surface area contributed by atoms with Crippen LogP contribution in [0.2, 0.25) is 10.0 Å². The smallest absolute Gasteiger partial charge is 0.305 e. The largest absolute Gasteiger partial charge is 0.455 e. The van der Waals surface area contributed by atoms with Crippen LogP contribution in [-0.4, -0.2) is 27.4 Å². The first-order chi connectivity index (χ1) is 18.1. The number of benzene rings is 2. The molecule has 196 valence electrons. The van der Waals surface area contributed by atoms with Crippen LogP contribution in [0.15, 0.2) is 45.9 Å². The average molecular weight is 561 g/mol. The summed E-state index contributed by atoms with van der Waals surface area (Å²) >= 11 is 11.9. The number of non-ortho nitro benzene ring substituents is 1. The predicted molar refractivity (Wildman–Crippen MR) is 138 cm³/mol. The Morgan fingerprint density at radius 1 is 1.00 bits per heavy atom. The fraction of sp³-hybridized carbons (Fsp3) is 0.174. The first-order valence-electron chi connectivity index (χ1n) is 11.0. The zero-order valence-corrected chi connectivity index (χ0v) is 21.1. The Morgan fingerprint density at radius 3 is 2.42 bits per heavy atom. The highest BCUT2D eigenvalue weighted by molar-refractivity contribution is 6.36. The van der Waals surface area contributed by atoms with Crippen molar-refractivity contribution >= 4 is 57.8 Å². The molecule has 0 saturated carbocycles. The third-order valence-corrected chi connectivity index (χ3v) is 6.25. The summed E-state index contributed by atoms with van der Waals surface area (Å²) in [4.78, 5) is 46.1. The summed E-state index contributed by atoms with van der Waals surface area (Å²) < 4.78 is 5.76. The number of rotatable bonds is 6. The Kier molecular flexibility index (Phi) is 7.60. The van der Waals surface area contributed by atoms with Crippen LogP contribution < -0.4 is 16.3 Å². The number of fused-ring (bicyclic) bond motifs is 1. The van der Waals surface area contributed by atoms with Gasteiger partial charge in [0.2, 0.25) is 0 Å². The zero-order valence-electron chi connectivity index (χ0n) is 19.5. The van der Waals surface area contributed by atoms with Crippen molar-refractivity contribution in [2.24, 2.45) is 5.10 Å². The zero-order chi connectivity index (χ0) is 27.6. The molecule has 0 spiro atoms. The summed E-state index contributed by atoms with van der Waals surface area (Å²) in [6.07, 6.45) is 1.64. The minimum atomic E-state index is -0.751. The number of hydrogen-bond acceptors (Lipinski definition) is 9. The SMILES string of the molecule is Cc1c(C(=O)NNC(=O)c2ccc(Cl)cc2Cl)oc2c1/C(=N/Nc1ccc([N+](=O)[O-])cc1[N+](=O)[O-])CCC2. The third-order valence-electron chi connectivity index (χ3n) is 5.70. The lowest BCUT2D eigenvalue weighted by molar-refractivity contribution is -0.393. The minimum absolute atomic E-state index is 0.0390. The van der Waals surface area contributed by atoms with Gasteiger partial charge in [-0.3, -0.25) is 46.1 Å². The summed E-state index contributed by atoms with van der Waals surface area (Å²) in [6.45, 7) is 1.64. The van der Waals surface area contributed by atoms with Gasteiger partial charge in [0.05, 0.1) is 32.2 Å². The average Bonchev–Trinajstić information content (AvgIpc) is 3.22. The molecule has 1 aliphatic rings. The molecule has 1 aromatic heterocycles. The van der Waals surface area contributed by atoms with Gasteiger partial charge >= 0.3 is 11.6 Å². The summed E-state index contributed by atoms with van der Waals surface area (Å²) in [5, 5.41) is 27.1. The fourth-order valence-corrected chi connectivity index (χ4v) is 4.41. The topological polar surface area (TPSA) is 182 Å². The van der Waals surface area contributed by atoms with Crippen molar-refractivity contribution in [2.45, 2.75) is 26.2 Å². The second-order valence-corrected chi connectivity index (χ2v) is 8.97. The number of carbonyl (C=O) groups excluding carboxylic acids is 2. The van der Waals surface area contributed by atoms with Crippen LogP contribution in [0.5, 0.6) is 0 Å². The molecule has 0 bridgehead atoms. The first-order valence-corrected chi connectivity index (χ1v) is 11.8. The van der Waals surface area contributed by atoms with Gasteiger partial charge in [-0.2, -0.15) is 5.10 Å². The highest BCUT2D eigenvalue weighted by Crippen LogP contribution is 2.32. The molecule has 15 heteroatoms. The number of hydrazone groups is 1. The molecule has 1 heterocycles. The lowest BCUT2D eigenvalue weighted by Crippen LogP contribution is -2.41. The molecular weight excluding hydrogens is 543 g/mol. The second kappa shape index (κ2) is 10.9. The number of anilines is 1. The maximum atomic E-state index is 12.8. The van der Waals surface area contributed by atoms with Crippen LogP contribution in [0.25, 0.3) is 0 Å². The van der Waals surface area contributed by atoms with Crippen LogP contribution in [0, 0.1) is 27.2 Å². The lowest BCUT2D eigenvalue weighted by atomic mass is 9.93. The van der Waals surface area contributed by atoms with Crippen molar-refractivity contribution in [3.63, 3.8) is 0 Å². The van der Waals surface area contributed by atoms with E-state index >= 15 is 0 Å². The standard InChI is InChI=1S/C23H18Cl2N6O7/c1-11-20-17(27-26-16-8-6-13(30(34)35)10-18(16)31(36)37)3-2-4-19(20)38-21(11)23(33)29-28-22(32)14-7-5-12(24)9-15(14)25/h5-10,26H,2-4H2,1H3,(H,28,32)(H,29,33)/b27-17+. The van der Waals surface area contributed by atoms with E-state index in [1.54, 1.807) is 6.92 Å². The van der Waals surface area contributed by atoms with Gasteiger partial charge in [0, 0.05) is 28.6 Å². The molecule has 0 fully saturated rings. The van der Waals surface area contributed by atoms with Crippen molar-refractivity contribution in [2.75, 3.05) is 5.43 Å². The Bertz CT molecular complexity index is 1520. The van der Waals surface area contributed by atoms with Gasteiger partial charge in [0.1, 0.15) is 11.4 Å². The van der Waals surface area contributed by atoms with Crippen molar-refractivity contribution in [3.05, 3.63) is 94.9 Å². The van der Waals surface area contributed by atoms with Crippen molar-refractivity contribution < 1.29 is 23.9 Å². The number of furan rings is 1. The Hall–Kier alpha value is -4.49. The molecular formula is C23H18Cl2N6O7. The number of nitrogens with zero attached hydrogens (tertiary/aromatic N) is 3. The number of nitro groups is 2. The van der Waals surface area contributed by atoms with Crippen LogP contribution in [0.4, 0.5) is 17.1 Å². The Labute approximate surface area is 224 Å². The van der Waals surface area contributed by atoms with Crippen LogP contribution in [0.1, 0.15) is 50.6 Å². The number of nitro benzene ring substituents is 2. The van der Waals surface area contributed by atoms with E-state index < -0.39 is 33.0 Å². The van der Waals surface area contributed by atoms with E-state index in [1.165, 1.54) is 24.3 Å². The maximum Gasteiger partial charge on any atom is 0.305 e. The van der Waals surface area contributed by atoms with E-state index in [0.29, 0.717) is 46.9 Å². The van der Waals surface area contributed by atoms with E-state index in [9.17, 15) is 29.8 Å². The van der Waals surface area contributed by atoms with Crippen LogP contribution >= 0.6 is 23.2 Å².